The van der Waals surface area contributed by atoms with E-state index in [9.17, 15) is 0 Å². The van der Waals surface area contributed by atoms with Crippen molar-refractivity contribution in [3.05, 3.63) is 18.6 Å². The van der Waals surface area contributed by atoms with Crippen LogP contribution in [0, 0.1) is 5.92 Å². The van der Waals surface area contributed by atoms with Crippen LogP contribution in [0.5, 0.6) is 0 Å². The molecule has 1 aliphatic rings. The van der Waals surface area contributed by atoms with E-state index >= 15 is 0 Å². The van der Waals surface area contributed by atoms with Gasteiger partial charge in [-0.15, -0.1) is 6.58 Å². The van der Waals surface area contributed by atoms with Gasteiger partial charge < -0.3 is 4.74 Å². The summed E-state index contributed by atoms with van der Waals surface area (Å²) < 4.78 is 5.73. The van der Waals surface area contributed by atoms with E-state index in [4.69, 9.17) is 4.74 Å². The second-order valence-corrected chi connectivity index (χ2v) is 4.85. The van der Waals surface area contributed by atoms with Crippen LogP contribution in [-0.4, -0.2) is 13.2 Å². The predicted octanol–water partition coefficient (Wildman–Crippen LogP) is 4.68. The van der Waals surface area contributed by atoms with Crippen molar-refractivity contribution < 1.29 is 4.74 Å². The van der Waals surface area contributed by atoms with E-state index in [-0.39, 0.29) is 0 Å². The molecule has 1 saturated carbocycles. The van der Waals surface area contributed by atoms with Gasteiger partial charge in [0.15, 0.2) is 0 Å². The predicted molar refractivity (Wildman–Crippen MR) is 70.4 cm³/mol. The Morgan fingerprint density at radius 3 is 2.25 bits per heavy atom. The van der Waals surface area contributed by atoms with E-state index in [1.54, 1.807) is 5.92 Å². The summed E-state index contributed by atoms with van der Waals surface area (Å²) in [6.07, 6.45) is 15.3. The molecule has 0 unspecified atom stereocenters. The smallest absolute Gasteiger partial charge is 0.0528 e. The summed E-state index contributed by atoms with van der Waals surface area (Å²) in [4.78, 5) is 0. The number of unbranched alkanes of at least 4 members (excludes halogenated alkanes) is 1. The average Bonchev–Trinajstić information content (AvgIpc) is 2.42. The van der Waals surface area contributed by atoms with Crippen molar-refractivity contribution in [3.8, 4) is 0 Å². The number of rotatable bonds is 6. The fourth-order valence-electron chi connectivity index (χ4n) is 2.27. The number of allylic oxidation sites excluding steroid dienone is 1. The molecule has 1 aliphatic carbocycles. The Balaban J connectivity index is 2.05. The second-order valence-electron chi connectivity index (χ2n) is 4.85. The third-order valence-corrected chi connectivity index (χ3v) is 3.31. The summed E-state index contributed by atoms with van der Waals surface area (Å²) in [5.74, 6) is 1.65. The molecule has 0 heterocycles. The zero-order valence-corrected chi connectivity index (χ0v) is 10.7. The molecule has 16 heavy (non-hydrogen) atoms. The van der Waals surface area contributed by atoms with E-state index in [0.717, 1.165) is 26.1 Å². The highest BCUT2D eigenvalue weighted by Crippen LogP contribution is 2.23. The molecule has 0 aliphatic heterocycles. The Bertz CT molecular complexity index is 155. The molecule has 93 valence electrons. The van der Waals surface area contributed by atoms with E-state index in [1.165, 1.54) is 51.4 Å². The van der Waals surface area contributed by atoms with Gasteiger partial charge in [0, 0.05) is 12.5 Å². The van der Waals surface area contributed by atoms with Crippen molar-refractivity contribution in [3.63, 3.8) is 0 Å². The molecule has 0 amide bonds. The van der Waals surface area contributed by atoms with Crippen LogP contribution in [0.4, 0.5) is 0 Å². The number of ether oxygens (including phenoxy) is 1. The summed E-state index contributed by atoms with van der Waals surface area (Å²) in [6.45, 7) is 5.53. The lowest BCUT2D eigenvalue weighted by Crippen LogP contribution is -2.08. The molecule has 0 atom stereocenters. The molecule has 0 saturated heterocycles. The van der Waals surface area contributed by atoms with Crippen molar-refractivity contribution in [2.75, 3.05) is 13.2 Å². The average molecular weight is 223 g/mol. The zero-order valence-electron chi connectivity index (χ0n) is 10.7. The van der Waals surface area contributed by atoms with E-state index in [2.05, 4.69) is 6.58 Å². The van der Waals surface area contributed by atoms with E-state index < -0.39 is 0 Å². The highest BCUT2D eigenvalue weighted by atomic mass is 16.5. The maximum Gasteiger partial charge on any atom is 0.0528 e. The number of hydrogen-bond acceptors (Lipinski definition) is 1. The molecular weight excluding hydrogens is 196 g/mol. The largest absolute Gasteiger partial charge is 0.381 e. The van der Waals surface area contributed by atoms with Crippen LogP contribution >= 0.6 is 0 Å². The highest BCUT2D eigenvalue weighted by Gasteiger charge is 2.11. The molecule has 0 N–H and O–H groups in total. The molecule has 1 nitrogen and oxygen atoms in total. The van der Waals surface area contributed by atoms with Gasteiger partial charge in [0.2, 0.25) is 0 Å². The fraction of sp³-hybridized carbons (Fsp3) is 0.800. The molecule has 0 aromatic rings. The Morgan fingerprint density at radius 1 is 1.00 bits per heavy atom. The molecule has 1 fully saturated rings. The van der Waals surface area contributed by atoms with Gasteiger partial charge in [0.25, 0.3) is 0 Å². The topological polar surface area (TPSA) is 9.23 Å². The van der Waals surface area contributed by atoms with Crippen LogP contribution in [0.1, 0.15) is 64.2 Å². The fourth-order valence-corrected chi connectivity index (χ4v) is 2.27. The molecular formula is C15H27O. The van der Waals surface area contributed by atoms with Gasteiger partial charge in [-0.25, -0.2) is 0 Å². The van der Waals surface area contributed by atoms with Crippen LogP contribution in [0.15, 0.2) is 12.7 Å². The van der Waals surface area contributed by atoms with Gasteiger partial charge in [-0.3, -0.25) is 0 Å². The minimum atomic E-state index is 0.898. The maximum absolute atomic E-state index is 5.73. The van der Waals surface area contributed by atoms with Crippen molar-refractivity contribution in [2.45, 2.75) is 64.2 Å². The summed E-state index contributed by atoms with van der Waals surface area (Å²) >= 11 is 0. The first-order chi connectivity index (χ1) is 7.93. The van der Waals surface area contributed by atoms with Crippen molar-refractivity contribution >= 4 is 0 Å². The highest BCUT2D eigenvalue weighted by molar-refractivity contribution is 4.89. The van der Waals surface area contributed by atoms with Crippen LogP contribution < -0.4 is 0 Å². The Hall–Kier alpha value is -0.300. The summed E-state index contributed by atoms with van der Waals surface area (Å²) in [5, 5.41) is 0. The first kappa shape index (κ1) is 13.8. The number of hydrogen-bond donors (Lipinski definition) is 0. The van der Waals surface area contributed by atoms with E-state index in [0.29, 0.717) is 0 Å². The Morgan fingerprint density at radius 2 is 1.62 bits per heavy atom. The SMILES string of the molecule is C=CCCCOC[C]1CCCCCCCC1. The van der Waals surface area contributed by atoms with Crippen LogP contribution in [0.25, 0.3) is 0 Å². The lowest BCUT2D eigenvalue weighted by atomic mass is 9.98. The normalized spacial score (nSPS) is 19.8. The van der Waals surface area contributed by atoms with Gasteiger partial charge in [0.1, 0.15) is 0 Å². The molecule has 0 spiro atoms. The van der Waals surface area contributed by atoms with Crippen LogP contribution in [0.2, 0.25) is 0 Å². The quantitative estimate of drug-likeness (QED) is 0.469. The van der Waals surface area contributed by atoms with Gasteiger partial charge in [-0.05, 0) is 25.7 Å². The monoisotopic (exact) mass is 223 g/mol. The van der Waals surface area contributed by atoms with Gasteiger partial charge in [-0.2, -0.15) is 0 Å². The molecule has 1 radical (unpaired) electrons. The molecule has 0 bridgehead atoms. The zero-order chi connectivity index (χ0) is 11.5. The molecule has 0 aromatic carbocycles. The maximum atomic E-state index is 5.73. The molecule has 1 heteroatoms. The van der Waals surface area contributed by atoms with Crippen molar-refractivity contribution in [1.82, 2.24) is 0 Å². The minimum absolute atomic E-state index is 0.898. The third kappa shape index (κ3) is 7.05. The Labute approximate surface area is 101 Å². The summed E-state index contributed by atoms with van der Waals surface area (Å²) in [7, 11) is 0. The summed E-state index contributed by atoms with van der Waals surface area (Å²) in [5.41, 5.74) is 0. The minimum Gasteiger partial charge on any atom is -0.381 e. The molecule has 0 aromatic heterocycles. The molecule has 1 rings (SSSR count). The van der Waals surface area contributed by atoms with Gasteiger partial charge in [-0.1, -0.05) is 44.6 Å². The lowest BCUT2D eigenvalue weighted by Gasteiger charge is -2.15. The second kappa shape index (κ2) is 9.89. The third-order valence-electron chi connectivity index (χ3n) is 3.31. The van der Waals surface area contributed by atoms with Crippen molar-refractivity contribution in [2.24, 2.45) is 0 Å². The van der Waals surface area contributed by atoms with Crippen LogP contribution in [0.3, 0.4) is 0 Å². The lowest BCUT2D eigenvalue weighted by molar-refractivity contribution is 0.135. The Kier molecular flexibility index (Phi) is 8.51. The standard InChI is InChI=1S/C15H27O/c1-2-3-10-13-16-14-15-11-8-6-4-5-7-9-12-15/h2H,1,3-14H2. The first-order valence-electron chi connectivity index (χ1n) is 6.95. The van der Waals surface area contributed by atoms with Gasteiger partial charge >= 0.3 is 0 Å². The summed E-state index contributed by atoms with van der Waals surface area (Å²) in [6, 6.07) is 0. The van der Waals surface area contributed by atoms with Crippen molar-refractivity contribution in [1.29, 1.82) is 0 Å². The first-order valence-corrected chi connectivity index (χ1v) is 6.95. The van der Waals surface area contributed by atoms with Gasteiger partial charge in [0.05, 0.1) is 6.61 Å². The van der Waals surface area contributed by atoms with Crippen LogP contribution in [-0.2, 0) is 4.74 Å². The van der Waals surface area contributed by atoms with E-state index in [1.807, 2.05) is 6.08 Å².